The monoisotopic (exact) mass is 822 g/mol. The highest BCUT2D eigenvalue weighted by Crippen LogP contribution is 2.22. The number of urea groups is 2. The van der Waals surface area contributed by atoms with Gasteiger partial charge in [0.15, 0.2) is 11.6 Å². The van der Waals surface area contributed by atoms with Gasteiger partial charge in [-0.1, -0.05) is 0 Å². The second kappa shape index (κ2) is 21.4. The predicted octanol–water partition coefficient (Wildman–Crippen LogP) is 4.06. The number of aromatic nitrogens is 2. The maximum Gasteiger partial charge on any atom is 0.325 e. The molecule has 0 saturated carbocycles. The molecule has 3 N–H and O–H groups in total. The number of hydrogen-bond donors (Lipinski definition) is 2. The number of nitrogens with two attached hydrogens (primary N) is 1. The lowest BCUT2D eigenvalue weighted by atomic mass is 10.1. The summed E-state index contributed by atoms with van der Waals surface area (Å²) in [5, 5.41) is 1.84. The second-order valence-corrected chi connectivity index (χ2v) is 13.0. The summed E-state index contributed by atoms with van der Waals surface area (Å²) in [6.45, 7) is 3.21. The van der Waals surface area contributed by atoms with Gasteiger partial charge in [-0.2, -0.15) is 8.78 Å². The number of carbonyl (C=O) groups is 5. The van der Waals surface area contributed by atoms with Crippen molar-refractivity contribution in [1.29, 1.82) is 0 Å². The minimum Gasteiger partial charge on any atom is -0.378 e. The average molecular weight is 823 g/mol. The van der Waals surface area contributed by atoms with Gasteiger partial charge in [0.25, 0.3) is 5.91 Å². The largest absolute Gasteiger partial charge is 0.378 e. The zero-order valence-corrected chi connectivity index (χ0v) is 31.8. The number of rotatable bonds is 12. The van der Waals surface area contributed by atoms with E-state index in [9.17, 15) is 41.5 Å². The van der Waals surface area contributed by atoms with Crippen LogP contribution in [0.25, 0.3) is 0 Å². The van der Waals surface area contributed by atoms with Gasteiger partial charge in [-0.25, -0.2) is 18.4 Å². The average Bonchev–Trinajstić information content (AvgIpc) is 3.27. The van der Waals surface area contributed by atoms with E-state index in [0.717, 1.165) is 0 Å². The molecular weight excluding hydrogens is 780 g/mol. The number of hydrogen-bond acceptors (Lipinski definition) is 10. The molecule has 5 amide bonds. The van der Waals surface area contributed by atoms with Crippen molar-refractivity contribution >= 4 is 40.9 Å². The maximum absolute atomic E-state index is 13.4. The first-order valence-corrected chi connectivity index (χ1v) is 18.4. The molecule has 0 spiro atoms. The highest BCUT2D eigenvalue weighted by Gasteiger charge is 2.27. The normalized spacial score (nSPS) is 13.9. The van der Waals surface area contributed by atoms with Gasteiger partial charge < -0.3 is 30.3 Å². The lowest BCUT2D eigenvalue weighted by molar-refractivity contribution is -0.131. The third-order valence-corrected chi connectivity index (χ3v) is 9.04. The topological polar surface area (TPSA) is 181 Å². The Morgan fingerprint density at radius 1 is 0.644 bits per heavy atom. The minimum atomic E-state index is -3.20. The number of ether oxygens (including phenoxy) is 2. The molecule has 0 bridgehead atoms. The second-order valence-electron chi connectivity index (χ2n) is 13.0. The molecule has 2 aliphatic rings. The Bertz CT molecular complexity index is 2030. The Hall–Kier alpha value is -6.31. The number of halogens is 4. The van der Waals surface area contributed by atoms with Crippen LogP contribution in [0.2, 0.25) is 0 Å². The van der Waals surface area contributed by atoms with Gasteiger partial charge in [0, 0.05) is 61.1 Å². The molecule has 15 nitrogen and oxygen atoms in total. The minimum absolute atomic E-state index is 0.0540. The number of Topliss-reactive ketones (excluding diaryl/α,β-unsaturated/α-hetero) is 2. The van der Waals surface area contributed by atoms with Crippen molar-refractivity contribution in [1.82, 2.24) is 25.1 Å². The predicted molar refractivity (Wildman–Crippen MR) is 206 cm³/mol. The molecule has 2 saturated heterocycles. The van der Waals surface area contributed by atoms with E-state index in [4.69, 9.17) is 15.2 Å². The zero-order valence-electron chi connectivity index (χ0n) is 31.8. The van der Waals surface area contributed by atoms with Crippen LogP contribution in [-0.4, -0.2) is 121 Å². The van der Waals surface area contributed by atoms with Crippen molar-refractivity contribution in [2.24, 2.45) is 5.73 Å². The van der Waals surface area contributed by atoms with E-state index in [1.165, 1.54) is 70.7 Å². The van der Waals surface area contributed by atoms with Crippen molar-refractivity contribution < 1.29 is 51.0 Å². The Morgan fingerprint density at radius 2 is 1.05 bits per heavy atom. The van der Waals surface area contributed by atoms with Crippen molar-refractivity contribution in [2.45, 2.75) is 19.5 Å². The number of benzene rings is 2. The summed E-state index contributed by atoms with van der Waals surface area (Å²) in [5.74, 6) is -3.13. The lowest BCUT2D eigenvalue weighted by Gasteiger charge is -2.33. The Balaban J connectivity index is 0.000000227. The van der Waals surface area contributed by atoms with Crippen LogP contribution in [0.5, 0.6) is 0 Å². The lowest BCUT2D eigenvalue weighted by Crippen LogP contribution is -2.48. The van der Waals surface area contributed by atoms with E-state index in [0.29, 0.717) is 80.9 Å². The van der Waals surface area contributed by atoms with Crippen LogP contribution in [0.15, 0.2) is 85.2 Å². The number of nitrogens with zero attached hydrogens (tertiary/aromatic N) is 6. The molecule has 59 heavy (non-hydrogen) atoms. The van der Waals surface area contributed by atoms with E-state index in [1.54, 1.807) is 34.1 Å². The molecule has 4 aromatic rings. The summed E-state index contributed by atoms with van der Waals surface area (Å²) in [6.07, 6.45) is -0.509. The van der Waals surface area contributed by atoms with Gasteiger partial charge in [0.2, 0.25) is 0 Å². The molecule has 2 aromatic heterocycles. The van der Waals surface area contributed by atoms with Gasteiger partial charge in [0.05, 0.1) is 64.0 Å². The van der Waals surface area contributed by atoms with Crippen LogP contribution in [0.3, 0.4) is 0 Å². The van der Waals surface area contributed by atoms with Crippen molar-refractivity contribution in [3.05, 3.63) is 119 Å². The van der Waals surface area contributed by atoms with E-state index in [2.05, 4.69) is 9.97 Å². The number of nitrogens with one attached hydrogen (secondary N) is 1. The van der Waals surface area contributed by atoms with Gasteiger partial charge in [-0.3, -0.25) is 34.2 Å². The first kappa shape index (κ1) is 43.8. The number of pyridine rings is 2. The molecule has 0 radical (unpaired) electrons. The molecular formula is C40H42F4N8O7. The Kier molecular flexibility index (Phi) is 15.9. The number of morpholine rings is 2. The fraction of sp³-hybridized carbons (Fsp3) is 0.325. The third kappa shape index (κ3) is 12.6. The van der Waals surface area contributed by atoms with Crippen LogP contribution in [0, 0.1) is 11.6 Å². The van der Waals surface area contributed by atoms with E-state index >= 15 is 0 Å². The van der Waals surface area contributed by atoms with Crippen LogP contribution in [-0.2, 0) is 27.4 Å². The van der Waals surface area contributed by atoms with Crippen LogP contribution in [0.1, 0.15) is 32.1 Å². The molecule has 0 aliphatic carbocycles. The summed E-state index contributed by atoms with van der Waals surface area (Å²) in [5.41, 5.74) is 8.00. The molecule has 2 aromatic carbocycles. The third-order valence-electron chi connectivity index (χ3n) is 9.04. The summed E-state index contributed by atoms with van der Waals surface area (Å²) in [4.78, 5) is 75.4. The van der Waals surface area contributed by atoms with Crippen LogP contribution in [0.4, 0.5) is 38.5 Å². The van der Waals surface area contributed by atoms with Crippen LogP contribution < -0.4 is 20.9 Å². The Labute approximate surface area is 336 Å². The SMILES string of the molecule is NCC(=O)c1ccc(CN(C(=O)N2CCOCC2)c2ccc(F)cc2)nc1.O=C(CNC(=O)C(F)F)c1ccc(CN(C(=O)N2CCOCC2)c2ccc(F)cc2)nc1. The summed E-state index contributed by atoms with van der Waals surface area (Å²) >= 11 is 0. The van der Waals surface area contributed by atoms with E-state index < -0.39 is 30.5 Å². The first-order chi connectivity index (χ1) is 28.4. The maximum atomic E-state index is 13.4. The molecule has 2 fully saturated rings. The highest BCUT2D eigenvalue weighted by molar-refractivity contribution is 5.99. The molecule has 0 atom stereocenters. The number of ketones is 2. The smallest absolute Gasteiger partial charge is 0.325 e. The van der Waals surface area contributed by atoms with E-state index in [1.807, 2.05) is 5.32 Å². The van der Waals surface area contributed by atoms with Gasteiger partial charge in [0.1, 0.15) is 11.6 Å². The summed E-state index contributed by atoms with van der Waals surface area (Å²) in [7, 11) is 0. The van der Waals surface area contributed by atoms with Crippen molar-refractivity contribution in [3.63, 3.8) is 0 Å². The number of carbonyl (C=O) groups excluding carboxylic acids is 5. The standard InChI is InChI=1S/C21H21F3N4O4.C19H21FN4O3/c22-15-2-5-17(6-3-15)28(21(31)27-7-9-32-10-8-27)13-16-4-1-14(11-25-16)18(29)12-26-20(30)19(23)24;20-15-2-5-17(6-3-15)24(19(26)23-7-9-27-10-8-23)13-16-4-1-14(12-22-16)18(25)11-21/h1-6,11,19H,7-10,12-13H2,(H,26,30);1-6,12H,7-11,13,21H2. The fourth-order valence-corrected chi connectivity index (χ4v) is 5.79. The van der Waals surface area contributed by atoms with Crippen molar-refractivity contribution in [2.75, 3.05) is 75.5 Å². The van der Waals surface area contributed by atoms with E-state index in [-0.39, 0.29) is 48.9 Å². The molecule has 6 rings (SSSR count). The summed E-state index contributed by atoms with van der Waals surface area (Å²) in [6, 6.07) is 17.0. The fourth-order valence-electron chi connectivity index (χ4n) is 5.79. The molecule has 312 valence electrons. The number of anilines is 2. The quantitative estimate of drug-likeness (QED) is 0.156. The van der Waals surface area contributed by atoms with Gasteiger partial charge in [-0.15, -0.1) is 0 Å². The van der Waals surface area contributed by atoms with Gasteiger partial charge in [-0.05, 0) is 72.8 Å². The Morgan fingerprint density at radius 3 is 1.41 bits per heavy atom. The van der Waals surface area contributed by atoms with Crippen LogP contribution >= 0.6 is 0 Å². The zero-order chi connectivity index (χ0) is 42.3. The molecule has 19 heteroatoms. The molecule has 0 unspecified atom stereocenters. The van der Waals surface area contributed by atoms with Gasteiger partial charge >= 0.3 is 18.5 Å². The number of alkyl halides is 2. The molecule has 4 heterocycles. The molecule has 2 aliphatic heterocycles. The van der Waals surface area contributed by atoms with Crippen molar-refractivity contribution in [3.8, 4) is 0 Å². The number of amides is 5. The first-order valence-electron chi connectivity index (χ1n) is 18.4. The summed E-state index contributed by atoms with van der Waals surface area (Å²) < 4.78 is 61.7. The highest BCUT2D eigenvalue weighted by atomic mass is 19.3.